The molecule has 5 heteroatoms. The molecule has 0 aliphatic carbocycles. The van der Waals surface area contributed by atoms with Crippen molar-refractivity contribution in [3.8, 4) is 0 Å². The standard InChI is InChI=1S/C18H18O5/c1-12(19)16(18(20)23-15-5-7-21-8-6-15)10-13-2-3-14-4-9-22-17(14)11-13/h2-4,9-11,15H,5-8H2,1H3/b16-10-. The lowest BCUT2D eigenvalue weighted by Gasteiger charge is -2.22. The minimum atomic E-state index is -0.580. The van der Waals surface area contributed by atoms with E-state index in [1.807, 2.05) is 18.2 Å². The van der Waals surface area contributed by atoms with Crippen LogP contribution in [-0.2, 0) is 19.1 Å². The molecule has 1 aliphatic heterocycles. The Kier molecular flexibility index (Phi) is 4.57. The second kappa shape index (κ2) is 6.79. The van der Waals surface area contributed by atoms with Gasteiger partial charge >= 0.3 is 5.97 Å². The quantitative estimate of drug-likeness (QED) is 0.375. The van der Waals surface area contributed by atoms with Crippen LogP contribution < -0.4 is 0 Å². The summed E-state index contributed by atoms with van der Waals surface area (Å²) in [7, 11) is 0. The van der Waals surface area contributed by atoms with Gasteiger partial charge in [0.1, 0.15) is 17.3 Å². The lowest BCUT2D eigenvalue weighted by molar-refractivity contribution is -0.149. The third kappa shape index (κ3) is 3.68. The summed E-state index contributed by atoms with van der Waals surface area (Å²) in [4.78, 5) is 24.1. The molecule has 0 atom stereocenters. The fourth-order valence-electron chi connectivity index (χ4n) is 2.54. The lowest BCUT2D eigenvalue weighted by atomic mass is 10.1. The highest BCUT2D eigenvalue weighted by Crippen LogP contribution is 2.20. The predicted octanol–water partition coefficient (Wildman–Crippen LogP) is 3.13. The summed E-state index contributed by atoms with van der Waals surface area (Å²) in [5.41, 5.74) is 1.48. The van der Waals surface area contributed by atoms with Crippen LogP contribution >= 0.6 is 0 Å². The molecule has 0 amide bonds. The number of rotatable bonds is 4. The van der Waals surface area contributed by atoms with Crippen molar-refractivity contribution in [3.05, 3.63) is 41.7 Å². The van der Waals surface area contributed by atoms with E-state index in [-0.39, 0.29) is 17.5 Å². The maximum absolute atomic E-state index is 12.3. The molecule has 0 unspecified atom stereocenters. The van der Waals surface area contributed by atoms with Gasteiger partial charge in [-0.25, -0.2) is 4.79 Å². The van der Waals surface area contributed by atoms with Gasteiger partial charge < -0.3 is 13.9 Å². The molecular weight excluding hydrogens is 296 g/mol. The molecule has 1 saturated heterocycles. The summed E-state index contributed by atoms with van der Waals surface area (Å²) in [5, 5.41) is 0.969. The van der Waals surface area contributed by atoms with Crippen molar-refractivity contribution in [3.63, 3.8) is 0 Å². The molecule has 0 N–H and O–H groups in total. The van der Waals surface area contributed by atoms with E-state index in [9.17, 15) is 9.59 Å². The summed E-state index contributed by atoms with van der Waals surface area (Å²) >= 11 is 0. The second-order valence-corrected chi connectivity index (χ2v) is 5.55. The Hall–Kier alpha value is -2.40. The Morgan fingerprint density at radius 1 is 1.22 bits per heavy atom. The lowest BCUT2D eigenvalue weighted by Crippen LogP contribution is -2.27. The first-order valence-corrected chi connectivity index (χ1v) is 7.62. The third-order valence-electron chi connectivity index (χ3n) is 3.83. The first kappa shape index (κ1) is 15.5. The number of ether oxygens (including phenoxy) is 2. The first-order valence-electron chi connectivity index (χ1n) is 7.62. The summed E-state index contributed by atoms with van der Waals surface area (Å²) in [6, 6.07) is 7.36. The van der Waals surface area contributed by atoms with Gasteiger partial charge in [-0.3, -0.25) is 4.79 Å². The monoisotopic (exact) mass is 314 g/mol. The zero-order chi connectivity index (χ0) is 16.2. The Bertz CT molecular complexity index is 750. The van der Waals surface area contributed by atoms with Gasteiger partial charge in [0.15, 0.2) is 5.78 Å². The maximum atomic E-state index is 12.3. The molecule has 2 aromatic rings. The number of furan rings is 1. The zero-order valence-electron chi connectivity index (χ0n) is 12.9. The summed E-state index contributed by atoms with van der Waals surface area (Å²) in [6.45, 7) is 2.51. The van der Waals surface area contributed by atoms with E-state index in [2.05, 4.69) is 0 Å². The minimum Gasteiger partial charge on any atom is -0.464 e. The van der Waals surface area contributed by atoms with Crippen molar-refractivity contribution in [1.29, 1.82) is 0 Å². The van der Waals surface area contributed by atoms with Gasteiger partial charge in [0.2, 0.25) is 0 Å². The van der Waals surface area contributed by atoms with Gasteiger partial charge in [0.05, 0.1) is 19.5 Å². The van der Waals surface area contributed by atoms with E-state index in [0.717, 1.165) is 10.9 Å². The molecular formula is C18H18O5. The molecule has 3 rings (SSSR count). The van der Waals surface area contributed by atoms with E-state index >= 15 is 0 Å². The van der Waals surface area contributed by atoms with Crippen LogP contribution in [0.5, 0.6) is 0 Å². The highest BCUT2D eigenvalue weighted by molar-refractivity contribution is 6.19. The van der Waals surface area contributed by atoms with Gasteiger partial charge in [-0.1, -0.05) is 12.1 Å². The fraction of sp³-hybridized carbons (Fsp3) is 0.333. The number of fused-ring (bicyclic) bond motifs is 1. The highest BCUT2D eigenvalue weighted by Gasteiger charge is 2.22. The molecule has 0 bridgehead atoms. The van der Waals surface area contributed by atoms with Crippen LogP contribution in [-0.4, -0.2) is 31.1 Å². The normalized spacial score (nSPS) is 16.5. The topological polar surface area (TPSA) is 65.7 Å². The van der Waals surface area contributed by atoms with Crippen LogP contribution in [0.15, 0.2) is 40.5 Å². The fourth-order valence-corrected chi connectivity index (χ4v) is 2.54. The zero-order valence-corrected chi connectivity index (χ0v) is 12.9. The SMILES string of the molecule is CC(=O)/C(=C/c1ccc2ccoc2c1)C(=O)OC1CCOCC1. The molecule has 120 valence electrons. The van der Waals surface area contributed by atoms with E-state index < -0.39 is 5.97 Å². The van der Waals surface area contributed by atoms with Crippen molar-refractivity contribution >= 4 is 28.8 Å². The average molecular weight is 314 g/mol. The Labute approximate surface area is 133 Å². The highest BCUT2D eigenvalue weighted by atomic mass is 16.6. The van der Waals surface area contributed by atoms with Gasteiger partial charge in [0.25, 0.3) is 0 Å². The van der Waals surface area contributed by atoms with Gasteiger partial charge in [-0.15, -0.1) is 0 Å². The number of hydrogen-bond donors (Lipinski definition) is 0. The van der Waals surface area contributed by atoms with Crippen LogP contribution in [0.3, 0.4) is 0 Å². The van der Waals surface area contributed by atoms with E-state index in [1.54, 1.807) is 18.4 Å². The van der Waals surface area contributed by atoms with Crippen molar-refractivity contribution in [2.45, 2.75) is 25.9 Å². The van der Waals surface area contributed by atoms with Gasteiger partial charge in [0, 0.05) is 18.2 Å². The predicted molar refractivity (Wildman–Crippen MR) is 84.8 cm³/mol. The molecule has 23 heavy (non-hydrogen) atoms. The largest absolute Gasteiger partial charge is 0.464 e. The number of benzene rings is 1. The van der Waals surface area contributed by atoms with Crippen LogP contribution in [0.2, 0.25) is 0 Å². The van der Waals surface area contributed by atoms with Gasteiger partial charge in [-0.05, 0) is 30.7 Å². The third-order valence-corrected chi connectivity index (χ3v) is 3.83. The summed E-state index contributed by atoms with van der Waals surface area (Å²) < 4.78 is 16.0. The van der Waals surface area contributed by atoms with Gasteiger partial charge in [-0.2, -0.15) is 0 Å². The number of ketones is 1. The number of hydrogen-bond acceptors (Lipinski definition) is 5. The molecule has 2 heterocycles. The second-order valence-electron chi connectivity index (χ2n) is 5.55. The van der Waals surface area contributed by atoms with E-state index in [0.29, 0.717) is 31.6 Å². The van der Waals surface area contributed by atoms with Crippen LogP contribution in [0.4, 0.5) is 0 Å². The molecule has 5 nitrogen and oxygen atoms in total. The molecule has 0 radical (unpaired) electrons. The molecule has 0 spiro atoms. The molecule has 1 fully saturated rings. The van der Waals surface area contributed by atoms with E-state index in [4.69, 9.17) is 13.9 Å². The van der Waals surface area contributed by atoms with Crippen molar-refractivity contribution in [2.75, 3.05) is 13.2 Å². The maximum Gasteiger partial charge on any atom is 0.342 e. The number of carbonyl (C=O) groups is 2. The molecule has 0 saturated carbocycles. The van der Waals surface area contributed by atoms with E-state index in [1.165, 1.54) is 6.92 Å². The Morgan fingerprint density at radius 3 is 2.74 bits per heavy atom. The summed E-state index contributed by atoms with van der Waals surface area (Å²) in [5.74, 6) is -0.898. The molecule has 1 aliphatic rings. The van der Waals surface area contributed by atoms with Crippen LogP contribution in [0.25, 0.3) is 17.0 Å². The smallest absolute Gasteiger partial charge is 0.342 e. The number of esters is 1. The van der Waals surface area contributed by atoms with Crippen molar-refractivity contribution in [2.24, 2.45) is 0 Å². The summed E-state index contributed by atoms with van der Waals surface area (Å²) in [6.07, 6.45) is 4.28. The van der Waals surface area contributed by atoms with Crippen LogP contribution in [0, 0.1) is 0 Å². The van der Waals surface area contributed by atoms with Crippen molar-refractivity contribution < 1.29 is 23.5 Å². The van der Waals surface area contributed by atoms with Crippen molar-refractivity contribution in [1.82, 2.24) is 0 Å². The Balaban J connectivity index is 1.81. The number of carbonyl (C=O) groups excluding carboxylic acids is 2. The number of Topliss-reactive ketones (excluding diaryl/α,β-unsaturated/α-hetero) is 1. The molecule has 1 aromatic heterocycles. The first-order chi connectivity index (χ1) is 11.1. The van der Waals surface area contributed by atoms with Crippen LogP contribution in [0.1, 0.15) is 25.3 Å². The average Bonchev–Trinajstić information content (AvgIpc) is 3.00. The molecule has 1 aromatic carbocycles. The minimum absolute atomic E-state index is 0.0439. The Morgan fingerprint density at radius 2 is 2.00 bits per heavy atom.